The van der Waals surface area contributed by atoms with Gasteiger partial charge in [0.1, 0.15) is 6.04 Å². The standard InChI is InChI=1S/C11H20N2O3/c1-15-11(14)10-8-9(2-3-12-10)13-4-6-16-7-5-13/h9-10,12H,2-8H2,1H3. The third-order valence-corrected chi connectivity index (χ3v) is 3.42. The topological polar surface area (TPSA) is 50.8 Å². The van der Waals surface area contributed by atoms with Crippen molar-refractivity contribution in [1.82, 2.24) is 10.2 Å². The van der Waals surface area contributed by atoms with Gasteiger partial charge in [-0.3, -0.25) is 9.69 Å². The Hall–Kier alpha value is -0.650. The number of nitrogens with one attached hydrogen (secondary N) is 1. The molecule has 0 saturated carbocycles. The lowest BCUT2D eigenvalue weighted by Crippen LogP contribution is -2.53. The van der Waals surface area contributed by atoms with Crippen LogP contribution in [0.15, 0.2) is 0 Å². The van der Waals surface area contributed by atoms with Crippen molar-refractivity contribution in [3.8, 4) is 0 Å². The fraction of sp³-hybridized carbons (Fsp3) is 0.909. The zero-order valence-electron chi connectivity index (χ0n) is 9.78. The van der Waals surface area contributed by atoms with Crippen LogP contribution in [0.2, 0.25) is 0 Å². The third kappa shape index (κ3) is 2.72. The molecule has 0 aromatic rings. The molecular formula is C11H20N2O3. The van der Waals surface area contributed by atoms with E-state index in [0.29, 0.717) is 6.04 Å². The Morgan fingerprint density at radius 3 is 2.88 bits per heavy atom. The molecule has 2 aliphatic rings. The van der Waals surface area contributed by atoms with Crippen molar-refractivity contribution in [2.75, 3.05) is 40.0 Å². The van der Waals surface area contributed by atoms with Gasteiger partial charge in [-0.05, 0) is 19.4 Å². The zero-order valence-corrected chi connectivity index (χ0v) is 9.78. The van der Waals surface area contributed by atoms with Gasteiger partial charge in [0, 0.05) is 19.1 Å². The highest BCUT2D eigenvalue weighted by Gasteiger charge is 2.31. The van der Waals surface area contributed by atoms with Crippen LogP contribution in [-0.2, 0) is 14.3 Å². The van der Waals surface area contributed by atoms with E-state index in [1.807, 2.05) is 0 Å². The number of hydrogen-bond donors (Lipinski definition) is 1. The predicted octanol–water partition coefficient (Wildman–Crippen LogP) is -0.388. The first-order valence-corrected chi connectivity index (χ1v) is 5.94. The van der Waals surface area contributed by atoms with Crippen LogP contribution >= 0.6 is 0 Å². The molecule has 0 aromatic heterocycles. The van der Waals surface area contributed by atoms with E-state index in [2.05, 4.69) is 10.2 Å². The van der Waals surface area contributed by atoms with Crippen molar-refractivity contribution in [2.45, 2.75) is 24.9 Å². The number of rotatable bonds is 2. The number of hydrogen-bond acceptors (Lipinski definition) is 5. The van der Waals surface area contributed by atoms with Crippen LogP contribution in [0.25, 0.3) is 0 Å². The van der Waals surface area contributed by atoms with Gasteiger partial charge in [-0.1, -0.05) is 0 Å². The average molecular weight is 228 g/mol. The number of methoxy groups -OCH3 is 1. The van der Waals surface area contributed by atoms with Gasteiger partial charge in [0.05, 0.1) is 20.3 Å². The normalized spacial score (nSPS) is 32.3. The van der Waals surface area contributed by atoms with E-state index in [-0.39, 0.29) is 12.0 Å². The second-order valence-corrected chi connectivity index (χ2v) is 4.36. The van der Waals surface area contributed by atoms with Crippen LogP contribution in [0.4, 0.5) is 0 Å². The number of carbonyl (C=O) groups excluding carboxylic acids is 1. The number of morpholine rings is 1. The van der Waals surface area contributed by atoms with Crippen molar-refractivity contribution < 1.29 is 14.3 Å². The maximum Gasteiger partial charge on any atom is 0.322 e. The van der Waals surface area contributed by atoms with E-state index < -0.39 is 0 Å². The third-order valence-electron chi connectivity index (χ3n) is 3.42. The molecule has 2 fully saturated rings. The largest absolute Gasteiger partial charge is 0.468 e. The Labute approximate surface area is 96.1 Å². The van der Waals surface area contributed by atoms with Crippen molar-refractivity contribution >= 4 is 5.97 Å². The van der Waals surface area contributed by atoms with Crippen LogP contribution in [0.5, 0.6) is 0 Å². The van der Waals surface area contributed by atoms with Crippen LogP contribution in [0.1, 0.15) is 12.8 Å². The van der Waals surface area contributed by atoms with E-state index in [1.54, 1.807) is 0 Å². The molecule has 0 amide bonds. The highest BCUT2D eigenvalue weighted by Crippen LogP contribution is 2.17. The number of carbonyl (C=O) groups is 1. The Morgan fingerprint density at radius 2 is 2.19 bits per heavy atom. The Bertz CT molecular complexity index is 241. The van der Waals surface area contributed by atoms with Gasteiger partial charge in [-0.15, -0.1) is 0 Å². The van der Waals surface area contributed by atoms with Crippen molar-refractivity contribution in [1.29, 1.82) is 0 Å². The van der Waals surface area contributed by atoms with E-state index in [0.717, 1.165) is 45.7 Å². The summed E-state index contributed by atoms with van der Waals surface area (Å²) in [6.45, 7) is 4.48. The summed E-state index contributed by atoms with van der Waals surface area (Å²) in [7, 11) is 1.45. The van der Waals surface area contributed by atoms with Gasteiger partial charge < -0.3 is 14.8 Å². The van der Waals surface area contributed by atoms with Crippen molar-refractivity contribution in [3.05, 3.63) is 0 Å². The number of piperidine rings is 1. The minimum atomic E-state index is -0.141. The lowest BCUT2D eigenvalue weighted by atomic mass is 9.97. The molecule has 2 atom stereocenters. The smallest absolute Gasteiger partial charge is 0.322 e. The SMILES string of the molecule is COC(=O)C1CC(N2CCOCC2)CCN1. The monoisotopic (exact) mass is 228 g/mol. The van der Waals surface area contributed by atoms with Gasteiger partial charge in [0.25, 0.3) is 0 Å². The predicted molar refractivity (Wildman–Crippen MR) is 59.2 cm³/mol. The molecular weight excluding hydrogens is 208 g/mol. The molecule has 0 spiro atoms. The average Bonchev–Trinajstić information content (AvgIpc) is 2.39. The molecule has 2 unspecified atom stereocenters. The summed E-state index contributed by atoms with van der Waals surface area (Å²) in [4.78, 5) is 13.9. The van der Waals surface area contributed by atoms with E-state index in [4.69, 9.17) is 9.47 Å². The molecule has 2 aliphatic heterocycles. The Balaban J connectivity index is 1.87. The molecule has 2 saturated heterocycles. The fourth-order valence-electron chi connectivity index (χ4n) is 2.49. The molecule has 0 aromatic carbocycles. The Morgan fingerprint density at radius 1 is 1.44 bits per heavy atom. The first-order valence-electron chi connectivity index (χ1n) is 5.94. The van der Waals surface area contributed by atoms with Gasteiger partial charge in [-0.25, -0.2) is 0 Å². The van der Waals surface area contributed by atoms with Crippen LogP contribution < -0.4 is 5.32 Å². The summed E-state index contributed by atoms with van der Waals surface area (Å²) in [5, 5.41) is 3.21. The second-order valence-electron chi connectivity index (χ2n) is 4.36. The van der Waals surface area contributed by atoms with Gasteiger partial charge >= 0.3 is 5.97 Å². The maximum atomic E-state index is 11.5. The highest BCUT2D eigenvalue weighted by molar-refractivity contribution is 5.75. The minimum absolute atomic E-state index is 0.133. The summed E-state index contributed by atoms with van der Waals surface area (Å²) < 4.78 is 10.1. The molecule has 1 N–H and O–H groups in total. The number of esters is 1. The van der Waals surface area contributed by atoms with Crippen molar-refractivity contribution in [2.24, 2.45) is 0 Å². The van der Waals surface area contributed by atoms with E-state index >= 15 is 0 Å². The number of ether oxygens (including phenoxy) is 2. The lowest BCUT2D eigenvalue weighted by Gasteiger charge is -2.38. The molecule has 16 heavy (non-hydrogen) atoms. The molecule has 92 valence electrons. The molecule has 2 heterocycles. The lowest BCUT2D eigenvalue weighted by molar-refractivity contribution is -0.144. The van der Waals surface area contributed by atoms with Crippen LogP contribution in [0.3, 0.4) is 0 Å². The molecule has 2 rings (SSSR count). The summed E-state index contributed by atoms with van der Waals surface area (Å²) in [5.41, 5.74) is 0. The summed E-state index contributed by atoms with van der Waals surface area (Å²) in [6.07, 6.45) is 1.96. The van der Waals surface area contributed by atoms with Gasteiger partial charge in [0.2, 0.25) is 0 Å². The van der Waals surface area contributed by atoms with E-state index in [9.17, 15) is 4.79 Å². The molecule has 0 radical (unpaired) electrons. The van der Waals surface area contributed by atoms with Gasteiger partial charge in [-0.2, -0.15) is 0 Å². The first-order chi connectivity index (χ1) is 7.81. The van der Waals surface area contributed by atoms with Gasteiger partial charge in [0.15, 0.2) is 0 Å². The zero-order chi connectivity index (χ0) is 11.4. The second kappa shape index (κ2) is 5.61. The quantitative estimate of drug-likeness (QED) is 0.653. The first kappa shape index (κ1) is 11.8. The molecule has 0 bridgehead atoms. The highest BCUT2D eigenvalue weighted by atomic mass is 16.5. The summed E-state index contributed by atoms with van der Waals surface area (Å²) >= 11 is 0. The molecule has 5 nitrogen and oxygen atoms in total. The molecule has 5 heteroatoms. The Kier molecular flexibility index (Phi) is 4.15. The number of nitrogens with zero attached hydrogens (tertiary/aromatic N) is 1. The summed E-state index contributed by atoms with van der Waals surface area (Å²) in [6, 6.07) is 0.362. The maximum absolute atomic E-state index is 11.5. The molecule has 0 aliphatic carbocycles. The minimum Gasteiger partial charge on any atom is -0.468 e. The van der Waals surface area contributed by atoms with Crippen LogP contribution in [0, 0.1) is 0 Å². The summed E-state index contributed by atoms with van der Waals surface area (Å²) in [5.74, 6) is -0.141. The fourth-order valence-corrected chi connectivity index (χ4v) is 2.49. The van der Waals surface area contributed by atoms with Crippen LogP contribution in [-0.4, -0.2) is 62.9 Å². The van der Waals surface area contributed by atoms with E-state index in [1.165, 1.54) is 7.11 Å². The van der Waals surface area contributed by atoms with Crippen molar-refractivity contribution in [3.63, 3.8) is 0 Å².